The number of thioether (sulfide) groups is 1. The number of benzene rings is 1. The summed E-state index contributed by atoms with van der Waals surface area (Å²) in [6.07, 6.45) is 0. The molecular formula is C10H15NS. The Morgan fingerprint density at radius 2 is 1.92 bits per heavy atom. The first-order valence-corrected chi connectivity index (χ1v) is 4.84. The van der Waals surface area contributed by atoms with Gasteiger partial charge in [0.1, 0.15) is 0 Å². The Labute approximate surface area is 78.7 Å². The van der Waals surface area contributed by atoms with Crippen molar-refractivity contribution in [3.63, 3.8) is 0 Å². The Balaban J connectivity index is 0.000000561. The van der Waals surface area contributed by atoms with Crippen LogP contribution in [0.2, 0.25) is 0 Å². The second-order valence-corrected chi connectivity index (χ2v) is 2.83. The van der Waals surface area contributed by atoms with Crippen LogP contribution in [0.1, 0.15) is 13.8 Å². The molecule has 0 radical (unpaired) electrons. The Hall–Kier alpha value is -0.890. The lowest BCUT2D eigenvalue weighted by Crippen LogP contribution is -1.85. The molecule has 0 saturated heterocycles. The minimum absolute atomic E-state index is 0.812. The van der Waals surface area contributed by atoms with E-state index in [2.05, 4.69) is 6.58 Å². The number of anilines is 1. The van der Waals surface area contributed by atoms with E-state index in [1.165, 1.54) is 0 Å². The van der Waals surface area contributed by atoms with Gasteiger partial charge in [0.05, 0.1) is 0 Å². The molecule has 0 aliphatic rings. The average Bonchev–Trinajstić information content (AvgIpc) is 2.13. The van der Waals surface area contributed by atoms with E-state index < -0.39 is 0 Å². The van der Waals surface area contributed by atoms with E-state index in [-0.39, 0.29) is 0 Å². The van der Waals surface area contributed by atoms with Crippen LogP contribution in [0.15, 0.2) is 41.1 Å². The minimum Gasteiger partial charge on any atom is -0.398 e. The summed E-state index contributed by atoms with van der Waals surface area (Å²) in [7, 11) is 0. The molecule has 1 nitrogen and oxygen atoms in total. The van der Waals surface area contributed by atoms with Gasteiger partial charge in [-0.2, -0.15) is 0 Å². The summed E-state index contributed by atoms with van der Waals surface area (Å²) >= 11 is 1.54. The zero-order chi connectivity index (χ0) is 9.40. The molecule has 0 aromatic heterocycles. The number of nitrogen functional groups attached to an aromatic ring is 1. The van der Waals surface area contributed by atoms with Crippen LogP contribution >= 0.6 is 11.8 Å². The molecule has 1 rings (SSSR count). The molecule has 0 aliphatic carbocycles. The highest BCUT2D eigenvalue weighted by Gasteiger charge is 1.92. The molecule has 0 saturated carbocycles. The molecule has 12 heavy (non-hydrogen) atoms. The highest BCUT2D eigenvalue weighted by molar-refractivity contribution is 8.02. The van der Waals surface area contributed by atoms with E-state index in [4.69, 9.17) is 5.73 Å². The largest absolute Gasteiger partial charge is 0.398 e. The maximum atomic E-state index is 5.64. The molecule has 66 valence electrons. The summed E-state index contributed by atoms with van der Waals surface area (Å²) in [4.78, 5) is 1.07. The van der Waals surface area contributed by atoms with Gasteiger partial charge in [0.15, 0.2) is 0 Å². The van der Waals surface area contributed by atoms with Crippen molar-refractivity contribution in [1.82, 2.24) is 0 Å². The normalized spacial score (nSPS) is 8.17. The van der Waals surface area contributed by atoms with Gasteiger partial charge in [-0.15, -0.1) is 0 Å². The van der Waals surface area contributed by atoms with E-state index in [9.17, 15) is 0 Å². The van der Waals surface area contributed by atoms with Gasteiger partial charge in [-0.1, -0.05) is 44.3 Å². The van der Waals surface area contributed by atoms with E-state index >= 15 is 0 Å². The molecule has 1 aromatic rings. The van der Waals surface area contributed by atoms with Crippen LogP contribution in [0.25, 0.3) is 0 Å². The lowest BCUT2D eigenvalue weighted by Gasteiger charge is -1.98. The van der Waals surface area contributed by atoms with E-state index in [0.717, 1.165) is 10.6 Å². The van der Waals surface area contributed by atoms with Gasteiger partial charge in [0.25, 0.3) is 0 Å². The lowest BCUT2D eigenvalue weighted by molar-refractivity contribution is 1.47. The first-order chi connectivity index (χ1) is 5.84. The molecular weight excluding hydrogens is 166 g/mol. The molecule has 0 aliphatic heterocycles. The minimum atomic E-state index is 0.812. The van der Waals surface area contributed by atoms with Crippen molar-refractivity contribution in [2.75, 3.05) is 5.73 Å². The summed E-state index contributed by atoms with van der Waals surface area (Å²) in [5, 5.41) is 1.77. The summed E-state index contributed by atoms with van der Waals surface area (Å²) in [5.41, 5.74) is 6.45. The van der Waals surface area contributed by atoms with Gasteiger partial charge in [-0.3, -0.25) is 0 Å². The monoisotopic (exact) mass is 181 g/mol. The fourth-order valence-corrected chi connectivity index (χ4v) is 1.22. The van der Waals surface area contributed by atoms with Crippen molar-refractivity contribution in [3.05, 3.63) is 36.3 Å². The van der Waals surface area contributed by atoms with Gasteiger partial charge >= 0.3 is 0 Å². The number of hydrogen-bond donors (Lipinski definition) is 1. The Morgan fingerprint density at radius 1 is 1.33 bits per heavy atom. The number of rotatable bonds is 2. The Morgan fingerprint density at radius 3 is 2.42 bits per heavy atom. The molecule has 0 amide bonds. The lowest BCUT2D eigenvalue weighted by atomic mass is 10.3. The van der Waals surface area contributed by atoms with Gasteiger partial charge in [-0.25, -0.2) is 0 Å². The predicted octanol–water partition coefficient (Wildman–Crippen LogP) is 3.53. The van der Waals surface area contributed by atoms with Crippen LogP contribution < -0.4 is 5.73 Å². The zero-order valence-electron chi connectivity index (χ0n) is 7.58. The quantitative estimate of drug-likeness (QED) is 0.558. The van der Waals surface area contributed by atoms with Crippen molar-refractivity contribution in [3.8, 4) is 0 Å². The molecule has 0 atom stereocenters. The third kappa shape index (κ3) is 3.49. The van der Waals surface area contributed by atoms with Gasteiger partial charge in [-0.05, 0) is 17.5 Å². The van der Waals surface area contributed by atoms with E-state index in [0.29, 0.717) is 0 Å². The molecule has 0 heterocycles. The van der Waals surface area contributed by atoms with Crippen LogP contribution in [0.5, 0.6) is 0 Å². The highest BCUT2D eigenvalue weighted by atomic mass is 32.2. The molecule has 0 unspecified atom stereocenters. The average molecular weight is 181 g/mol. The third-order valence-electron chi connectivity index (χ3n) is 1.13. The molecule has 2 heteroatoms. The fraction of sp³-hybridized carbons (Fsp3) is 0.200. The molecule has 0 bridgehead atoms. The second-order valence-electron chi connectivity index (χ2n) is 1.82. The van der Waals surface area contributed by atoms with Gasteiger partial charge < -0.3 is 5.73 Å². The fourth-order valence-electron chi connectivity index (χ4n) is 0.678. The third-order valence-corrected chi connectivity index (χ3v) is 1.92. The van der Waals surface area contributed by atoms with Crippen LogP contribution in [0.3, 0.4) is 0 Å². The molecule has 1 aromatic carbocycles. The topological polar surface area (TPSA) is 26.0 Å². The molecule has 0 fully saturated rings. The van der Waals surface area contributed by atoms with E-state index in [1.807, 2.05) is 38.1 Å². The Bertz CT molecular complexity index is 233. The van der Waals surface area contributed by atoms with Crippen LogP contribution in [-0.2, 0) is 0 Å². The van der Waals surface area contributed by atoms with E-state index in [1.54, 1.807) is 17.2 Å². The van der Waals surface area contributed by atoms with Gasteiger partial charge in [0, 0.05) is 10.6 Å². The van der Waals surface area contributed by atoms with Crippen molar-refractivity contribution in [2.24, 2.45) is 0 Å². The first-order valence-electron chi connectivity index (χ1n) is 3.96. The van der Waals surface area contributed by atoms with Crippen molar-refractivity contribution in [1.29, 1.82) is 0 Å². The standard InChI is InChI=1S/C8H9NS.C2H6/c1-2-10-8-6-4-3-5-7(8)9;1-2/h2-6H,1,9H2;1-2H3. The van der Waals surface area contributed by atoms with Crippen LogP contribution in [-0.4, -0.2) is 0 Å². The Kier molecular flexibility index (Phi) is 6.29. The SMILES string of the molecule is C=CSc1ccccc1N.CC. The predicted molar refractivity (Wildman–Crippen MR) is 58.3 cm³/mol. The number of hydrogen-bond acceptors (Lipinski definition) is 2. The second kappa shape index (κ2) is 6.80. The molecule has 0 spiro atoms. The van der Waals surface area contributed by atoms with Crippen molar-refractivity contribution >= 4 is 17.4 Å². The summed E-state index contributed by atoms with van der Waals surface area (Å²) in [5.74, 6) is 0. The smallest absolute Gasteiger partial charge is 0.0455 e. The number of para-hydroxylation sites is 1. The van der Waals surface area contributed by atoms with Crippen LogP contribution in [0.4, 0.5) is 5.69 Å². The van der Waals surface area contributed by atoms with Crippen molar-refractivity contribution in [2.45, 2.75) is 18.7 Å². The van der Waals surface area contributed by atoms with Gasteiger partial charge in [0.2, 0.25) is 0 Å². The first kappa shape index (κ1) is 11.1. The van der Waals surface area contributed by atoms with Crippen LogP contribution in [0, 0.1) is 0 Å². The molecule has 2 N–H and O–H groups in total. The zero-order valence-corrected chi connectivity index (χ0v) is 8.40. The number of nitrogens with two attached hydrogens (primary N) is 1. The maximum Gasteiger partial charge on any atom is 0.0455 e. The van der Waals surface area contributed by atoms with Crippen molar-refractivity contribution < 1.29 is 0 Å². The summed E-state index contributed by atoms with van der Waals surface area (Å²) in [6, 6.07) is 7.73. The summed E-state index contributed by atoms with van der Waals surface area (Å²) in [6.45, 7) is 7.60. The highest BCUT2D eigenvalue weighted by Crippen LogP contribution is 2.24. The maximum absolute atomic E-state index is 5.64. The summed E-state index contributed by atoms with van der Waals surface area (Å²) < 4.78 is 0.